The highest BCUT2D eigenvalue weighted by Gasteiger charge is 2.17. The molecule has 1 unspecified atom stereocenters. The van der Waals surface area contributed by atoms with Gasteiger partial charge in [-0.3, -0.25) is 9.69 Å². The Morgan fingerprint density at radius 3 is 2.75 bits per heavy atom. The first-order valence-corrected chi connectivity index (χ1v) is 5.16. The molecule has 0 amide bonds. The van der Waals surface area contributed by atoms with Crippen molar-refractivity contribution in [2.75, 3.05) is 7.05 Å². The number of carboxylic acid groups (broad SMARTS) is 1. The molecule has 0 aliphatic rings. The van der Waals surface area contributed by atoms with Crippen molar-refractivity contribution in [1.82, 2.24) is 4.90 Å². The molecular formula is C11H13ClFNO2. The molecule has 1 N–H and O–H groups in total. The van der Waals surface area contributed by atoms with Gasteiger partial charge in [0.15, 0.2) is 0 Å². The van der Waals surface area contributed by atoms with E-state index in [4.69, 9.17) is 16.7 Å². The quantitative estimate of drug-likeness (QED) is 0.886. The summed E-state index contributed by atoms with van der Waals surface area (Å²) >= 11 is 5.62. The Hall–Kier alpha value is -1.13. The van der Waals surface area contributed by atoms with E-state index in [1.165, 1.54) is 6.07 Å². The number of aliphatic carboxylic acids is 1. The fourth-order valence-electron chi connectivity index (χ4n) is 1.24. The van der Waals surface area contributed by atoms with E-state index < -0.39 is 17.8 Å². The van der Waals surface area contributed by atoms with Crippen molar-refractivity contribution in [1.29, 1.82) is 0 Å². The molecule has 0 saturated heterocycles. The van der Waals surface area contributed by atoms with E-state index in [1.807, 2.05) is 0 Å². The van der Waals surface area contributed by atoms with Crippen LogP contribution in [0.1, 0.15) is 12.5 Å². The van der Waals surface area contributed by atoms with Gasteiger partial charge in [-0.05, 0) is 26.1 Å². The second-order valence-corrected chi connectivity index (χ2v) is 4.10. The van der Waals surface area contributed by atoms with E-state index in [1.54, 1.807) is 31.0 Å². The van der Waals surface area contributed by atoms with Crippen LogP contribution >= 0.6 is 11.6 Å². The Labute approximate surface area is 98.4 Å². The number of benzene rings is 1. The minimum Gasteiger partial charge on any atom is -0.480 e. The van der Waals surface area contributed by atoms with Crippen LogP contribution in [-0.4, -0.2) is 29.1 Å². The SMILES string of the molecule is CC(C(=O)O)N(C)Cc1ccc(Cl)cc1F. The lowest BCUT2D eigenvalue weighted by atomic mass is 10.2. The van der Waals surface area contributed by atoms with E-state index in [9.17, 15) is 9.18 Å². The van der Waals surface area contributed by atoms with Gasteiger partial charge >= 0.3 is 5.97 Å². The predicted octanol–water partition coefficient (Wildman–Crippen LogP) is 2.38. The second-order valence-electron chi connectivity index (χ2n) is 3.67. The number of carboxylic acids is 1. The van der Waals surface area contributed by atoms with Crippen LogP contribution in [0.15, 0.2) is 18.2 Å². The highest BCUT2D eigenvalue weighted by Crippen LogP contribution is 2.16. The Morgan fingerprint density at radius 1 is 1.62 bits per heavy atom. The largest absolute Gasteiger partial charge is 0.480 e. The third-order valence-electron chi connectivity index (χ3n) is 2.45. The average molecular weight is 246 g/mol. The lowest BCUT2D eigenvalue weighted by molar-refractivity contribution is -0.142. The number of nitrogens with zero attached hydrogens (tertiary/aromatic N) is 1. The van der Waals surface area contributed by atoms with Crippen molar-refractivity contribution < 1.29 is 14.3 Å². The molecule has 88 valence electrons. The summed E-state index contributed by atoms with van der Waals surface area (Å²) in [6, 6.07) is 3.70. The van der Waals surface area contributed by atoms with Gasteiger partial charge in [-0.1, -0.05) is 17.7 Å². The Morgan fingerprint density at radius 2 is 2.25 bits per heavy atom. The summed E-state index contributed by atoms with van der Waals surface area (Å²) in [5.74, 6) is -1.35. The molecule has 1 atom stereocenters. The number of hydrogen-bond donors (Lipinski definition) is 1. The van der Waals surface area contributed by atoms with Gasteiger partial charge in [0.05, 0.1) is 0 Å². The maximum Gasteiger partial charge on any atom is 0.320 e. The van der Waals surface area contributed by atoms with Crippen molar-refractivity contribution in [2.24, 2.45) is 0 Å². The molecule has 0 fully saturated rings. The molecule has 1 aromatic carbocycles. The molecule has 0 radical (unpaired) electrons. The van der Waals surface area contributed by atoms with Gasteiger partial charge in [0.1, 0.15) is 11.9 Å². The Balaban J connectivity index is 2.77. The number of halogens is 2. The minimum atomic E-state index is -0.933. The van der Waals surface area contributed by atoms with Crippen LogP contribution in [0.4, 0.5) is 4.39 Å². The van der Waals surface area contributed by atoms with Crippen molar-refractivity contribution in [2.45, 2.75) is 19.5 Å². The van der Waals surface area contributed by atoms with Crippen LogP contribution in [0.2, 0.25) is 5.02 Å². The zero-order valence-electron chi connectivity index (χ0n) is 9.08. The number of carbonyl (C=O) groups is 1. The first-order valence-electron chi connectivity index (χ1n) is 4.78. The van der Waals surface area contributed by atoms with Gasteiger partial charge in [-0.2, -0.15) is 0 Å². The van der Waals surface area contributed by atoms with Gasteiger partial charge in [-0.15, -0.1) is 0 Å². The minimum absolute atomic E-state index is 0.233. The smallest absolute Gasteiger partial charge is 0.320 e. The zero-order valence-corrected chi connectivity index (χ0v) is 9.83. The maximum atomic E-state index is 13.4. The summed E-state index contributed by atoms with van der Waals surface area (Å²) in [6.45, 7) is 1.78. The molecule has 16 heavy (non-hydrogen) atoms. The van der Waals surface area contributed by atoms with E-state index in [-0.39, 0.29) is 6.54 Å². The molecule has 0 heterocycles. The van der Waals surface area contributed by atoms with Gasteiger partial charge in [0.25, 0.3) is 0 Å². The van der Waals surface area contributed by atoms with Crippen molar-refractivity contribution in [3.8, 4) is 0 Å². The molecule has 1 rings (SSSR count). The van der Waals surface area contributed by atoms with E-state index in [0.29, 0.717) is 10.6 Å². The number of rotatable bonds is 4. The normalized spacial score (nSPS) is 12.8. The summed E-state index contributed by atoms with van der Waals surface area (Å²) in [5.41, 5.74) is 0.431. The third kappa shape index (κ3) is 3.18. The first-order chi connectivity index (χ1) is 7.41. The van der Waals surface area contributed by atoms with Crippen molar-refractivity contribution >= 4 is 17.6 Å². The van der Waals surface area contributed by atoms with Crippen LogP contribution in [0.25, 0.3) is 0 Å². The van der Waals surface area contributed by atoms with Crippen LogP contribution in [0.3, 0.4) is 0 Å². The van der Waals surface area contributed by atoms with Crippen molar-refractivity contribution in [3.05, 3.63) is 34.6 Å². The van der Waals surface area contributed by atoms with Gasteiger partial charge in [0, 0.05) is 17.1 Å². The number of hydrogen-bond acceptors (Lipinski definition) is 2. The molecule has 0 saturated carbocycles. The fraction of sp³-hybridized carbons (Fsp3) is 0.364. The highest BCUT2D eigenvalue weighted by molar-refractivity contribution is 6.30. The summed E-state index contributed by atoms with van der Waals surface area (Å²) in [5, 5.41) is 9.12. The molecule has 0 aromatic heterocycles. The lowest BCUT2D eigenvalue weighted by Crippen LogP contribution is -2.35. The van der Waals surface area contributed by atoms with Crippen LogP contribution in [0.5, 0.6) is 0 Å². The third-order valence-corrected chi connectivity index (χ3v) is 2.69. The molecule has 5 heteroatoms. The standard InChI is InChI=1S/C11H13ClFNO2/c1-7(11(15)16)14(2)6-8-3-4-9(12)5-10(8)13/h3-5,7H,6H2,1-2H3,(H,15,16). The summed E-state index contributed by atoms with van der Waals surface area (Å²) < 4.78 is 13.4. The van der Waals surface area contributed by atoms with Crippen LogP contribution in [0, 0.1) is 5.82 Å². The summed E-state index contributed by atoms with van der Waals surface area (Å²) in [4.78, 5) is 12.3. The van der Waals surface area contributed by atoms with E-state index in [2.05, 4.69) is 0 Å². The first kappa shape index (κ1) is 12.9. The van der Waals surface area contributed by atoms with E-state index in [0.717, 1.165) is 0 Å². The van der Waals surface area contributed by atoms with Crippen LogP contribution in [-0.2, 0) is 11.3 Å². The monoisotopic (exact) mass is 245 g/mol. The molecule has 0 spiro atoms. The Bertz CT molecular complexity index is 398. The highest BCUT2D eigenvalue weighted by atomic mass is 35.5. The lowest BCUT2D eigenvalue weighted by Gasteiger charge is -2.21. The number of likely N-dealkylation sites (N-methyl/N-ethyl adjacent to an activating group) is 1. The molecule has 0 aliphatic carbocycles. The molecule has 0 aliphatic heterocycles. The van der Waals surface area contributed by atoms with E-state index >= 15 is 0 Å². The zero-order chi connectivity index (χ0) is 12.3. The van der Waals surface area contributed by atoms with Gasteiger partial charge < -0.3 is 5.11 Å². The molecule has 0 bridgehead atoms. The average Bonchev–Trinajstić information content (AvgIpc) is 2.20. The topological polar surface area (TPSA) is 40.5 Å². The van der Waals surface area contributed by atoms with Crippen molar-refractivity contribution in [3.63, 3.8) is 0 Å². The summed E-state index contributed by atoms with van der Waals surface area (Å²) in [6.07, 6.45) is 0. The molecule has 3 nitrogen and oxygen atoms in total. The maximum absolute atomic E-state index is 13.4. The van der Waals surface area contributed by atoms with Gasteiger partial charge in [-0.25, -0.2) is 4.39 Å². The fourth-order valence-corrected chi connectivity index (χ4v) is 1.40. The molecular weight excluding hydrogens is 233 g/mol. The van der Waals surface area contributed by atoms with Gasteiger partial charge in [0.2, 0.25) is 0 Å². The molecule has 1 aromatic rings. The summed E-state index contributed by atoms with van der Waals surface area (Å²) in [7, 11) is 1.63. The second kappa shape index (κ2) is 5.27. The Kier molecular flexibility index (Phi) is 4.26. The van der Waals surface area contributed by atoms with Crippen LogP contribution < -0.4 is 0 Å². The predicted molar refractivity (Wildman–Crippen MR) is 60.0 cm³/mol.